The highest BCUT2D eigenvalue weighted by atomic mass is 32.2. The second-order valence-corrected chi connectivity index (χ2v) is 6.82. The highest BCUT2D eigenvalue weighted by molar-refractivity contribution is 7.90. The van der Waals surface area contributed by atoms with Crippen molar-refractivity contribution >= 4 is 9.84 Å². The maximum Gasteiger partial charge on any atom is 0.175 e. The molecule has 2 aromatic rings. The van der Waals surface area contributed by atoms with Crippen LogP contribution >= 0.6 is 0 Å². The number of benzene rings is 2. The van der Waals surface area contributed by atoms with Gasteiger partial charge in [0.15, 0.2) is 21.3 Å². The Balaban J connectivity index is 1.96. The molecule has 6 heteroatoms. The summed E-state index contributed by atoms with van der Waals surface area (Å²) in [5, 5.41) is 22.2. The smallest absolute Gasteiger partial charge is 0.175 e. The number of phenols is 2. The van der Waals surface area contributed by atoms with Crippen LogP contribution in [0, 0.1) is 0 Å². The summed E-state index contributed by atoms with van der Waals surface area (Å²) in [6.45, 7) is 0.924. The monoisotopic (exact) mass is 307 g/mol. The topological polar surface area (TPSA) is 86.6 Å². The molecule has 0 spiro atoms. The number of hydrogen-bond acceptors (Lipinski definition) is 5. The molecule has 0 aromatic heterocycles. The molecule has 112 valence electrons. The molecule has 0 bridgehead atoms. The van der Waals surface area contributed by atoms with Gasteiger partial charge < -0.3 is 15.5 Å². The van der Waals surface area contributed by atoms with Crippen LogP contribution in [-0.2, 0) is 22.9 Å². The molecular weight excluding hydrogens is 290 g/mol. The van der Waals surface area contributed by atoms with Crippen LogP contribution in [0.2, 0.25) is 0 Å². The fraction of sp³-hybridized carbons (Fsp3) is 0.200. The summed E-state index contributed by atoms with van der Waals surface area (Å²) in [6, 6.07) is 11.4. The zero-order valence-electron chi connectivity index (χ0n) is 11.6. The van der Waals surface area contributed by atoms with Crippen molar-refractivity contribution in [2.75, 3.05) is 6.26 Å². The Labute approximate surface area is 123 Å². The van der Waals surface area contributed by atoms with Crippen molar-refractivity contribution in [2.45, 2.75) is 18.0 Å². The van der Waals surface area contributed by atoms with Gasteiger partial charge in [-0.3, -0.25) is 0 Å². The summed E-state index contributed by atoms with van der Waals surface area (Å²) in [5.74, 6) is -0.274. The number of nitrogens with one attached hydrogen (secondary N) is 1. The van der Waals surface area contributed by atoms with Gasteiger partial charge in [0.05, 0.1) is 4.90 Å². The molecule has 0 amide bonds. The molecule has 0 aliphatic heterocycles. The minimum Gasteiger partial charge on any atom is -0.504 e. The maximum atomic E-state index is 11.3. The Morgan fingerprint density at radius 1 is 1.00 bits per heavy atom. The van der Waals surface area contributed by atoms with E-state index < -0.39 is 9.84 Å². The van der Waals surface area contributed by atoms with Gasteiger partial charge in [-0.25, -0.2) is 8.42 Å². The first kappa shape index (κ1) is 15.3. The number of aromatic hydroxyl groups is 2. The van der Waals surface area contributed by atoms with E-state index in [-0.39, 0.29) is 16.4 Å². The molecule has 0 atom stereocenters. The SMILES string of the molecule is CS(=O)(=O)c1ccc(CNCc2cccc(O)c2O)cc1. The average Bonchev–Trinajstić information content (AvgIpc) is 2.43. The first-order valence-electron chi connectivity index (χ1n) is 6.37. The molecule has 0 saturated carbocycles. The quantitative estimate of drug-likeness (QED) is 0.733. The van der Waals surface area contributed by atoms with Gasteiger partial charge in [0.1, 0.15) is 0 Å². The van der Waals surface area contributed by atoms with Crippen LogP contribution in [0.1, 0.15) is 11.1 Å². The molecule has 21 heavy (non-hydrogen) atoms. The van der Waals surface area contributed by atoms with Gasteiger partial charge in [-0.2, -0.15) is 0 Å². The normalized spacial score (nSPS) is 11.5. The average molecular weight is 307 g/mol. The summed E-state index contributed by atoms with van der Waals surface area (Å²) in [5.41, 5.74) is 1.53. The number of rotatable bonds is 5. The lowest BCUT2D eigenvalue weighted by Gasteiger charge is -2.08. The second-order valence-electron chi connectivity index (χ2n) is 4.80. The highest BCUT2D eigenvalue weighted by Crippen LogP contribution is 2.27. The number of para-hydroxylation sites is 1. The summed E-state index contributed by atoms with van der Waals surface area (Å²) in [4.78, 5) is 0.289. The van der Waals surface area contributed by atoms with E-state index in [2.05, 4.69) is 5.32 Å². The van der Waals surface area contributed by atoms with Crippen LogP contribution in [0.15, 0.2) is 47.4 Å². The van der Waals surface area contributed by atoms with Gasteiger partial charge in [0, 0.05) is 24.9 Å². The Kier molecular flexibility index (Phi) is 4.50. The first-order chi connectivity index (χ1) is 9.88. The zero-order valence-corrected chi connectivity index (χ0v) is 12.4. The van der Waals surface area contributed by atoms with E-state index in [9.17, 15) is 18.6 Å². The van der Waals surface area contributed by atoms with E-state index in [0.29, 0.717) is 18.7 Å². The molecule has 0 saturated heterocycles. The molecule has 0 radical (unpaired) electrons. The van der Waals surface area contributed by atoms with Gasteiger partial charge in [-0.15, -0.1) is 0 Å². The van der Waals surface area contributed by atoms with Crippen LogP contribution in [0.3, 0.4) is 0 Å². The van der Waals surface area contributed by atoms with Gasteiger partial charge in [0.2, 0.25) is 0 Å². The summed E-state index contributed by atoms with van der Waals surface area (Å²) in [7, 11) is -3.17. The molecule has 0 aliphatic rings. The molecule has 0 heterocycles. The fourth-order valence-corrected chi connectivity index (χ4v) is 2.55. The number of sulfone groups is 1. The van der Waals surface area contributed by atoms with Gasteiger partial charge >= 0.3 is 0 Å². The lowest BCUT2D eigenvalue weighted by atomic mass is 10.1. The Morgan fingerprint density at radius 2 is 1.67 bits per heavy atom. The summed E-state index contributed by atoms with van der Waals surface area (Å²) >= 11 is 0. The summed E-state index contributed by atoms with van der Waals surface area (Å²) in [6.07, 6.45) is 1.17. The minimum absolute atomic E-state index is 0.127. The minimum atomic E-state index is -3.17. The van der Waals surface area contributed by atoms with E-state index in [1.807, 2.05) is 0 Å². The largest absolute Gasteiger partial charge is 0.504 e. The van der Waals surface area contributed by atoms with Gasteiger partial charge in [-0.1, -0.05) is 24.3 Å². The molecule has 3 N–H and O–H groups in total. The van der Waals surface area contributed by atoms with Crippen LogP contribution < -0.4 is 5.32 Å². The Hall–Kier alpha value is -2.05. The van der Waals surface area contributed by atoms with Crippen LogP contribution in [0.4, 0.5) is 0 Å². The van der Waals surface area contributed by atoms with Gasteiger partial charge in [0.25, 0.3) is 0 Å². The standard InChI is InChI=1S/C15H17NO4S/c1-21(19,20)13-7-5-11(6-8-13)9-16-10-12-3-2-4-14(17)15(12)18/h2-8,16-18H,9-10H2,1H3. The van der Waals surface area contributed by atoms with E-state index in [4.69, 9.17) is 0 Å². The fourth-order valence-electron chi connectivity index (χ4n) is 1.92. The molecule has 2 rings (SSSR count). The Bertz CT molecular complexity index is 724. The van der Waals surface area contributed by atoms with Crippen molar-refractivity contribution < 1.29 is 18.6 Å². The van der Waals surface area contributed by atoms with Crippen LogP contribution in [-0.4, -0.2) is 24.9 Å². The maximum absolute atomic E-state index is 11.3. The zero-order chi connectivity index (χ0) is 15.5. The number of phenolic OH excluding ortho intramolecular Hbond substituents is 2. The molecule has 5 nitrogen and oxygen atoms in total. The van der Waals surface area contributed by atoms with E-state index in [1.165, 1.54) is 12.3 Å². The summed E-state index contributed by atoms with van der Waals surface area (Å²) < 4.78 is 22.7. The van der Waals surface area contributed by atoms with Crippen molar-refractivity contribution in [1.29, 1.82) is 0 Å². The Morgan fingerprint density at radius 3 is 2.29 bits per heavy atom. The third kappa shape index (κ3) is 3.96. The molecule has 2 aromatic carbocycles. The molecule has 0 fully saturated rings. The van der Waals surface area contributed by atoms with Crippen molar-refractivity contribution in [3.8, 4) is 11.5 Å². The van der Waals surface area contributed by atoms with Crippen molar-refractivity contribution in [2.24, 2.45) is 0 Å². The molecule has 0 unspecified atom stereocenters. The van der Waals surface area contributed by atoms with Crippen molar-refractivity contribution in [1.82, 2.24) is 5.32 Å². The van der Waals surface area contributed by atoms with E-state index in [1.54, 1.807) is 36.4 Å². The molecule has 0 aliphatic carbocycles. The third-order valence-corrected chi connectivity index (χ3v) is 4.22. The predicted molar refractivity (Wildman–Crippen MR) is 79.9 cm³/mol. The molecular formula is C15H17NO4S. The van der Waals surface area contributed by atoms with E-state index in [0.717, 1.165) is 5.56 Å². The third-order valence-electron chi connectivity index (χ3n) is 3.09. The van der Waals surface area contributed by atoms with Crippen LogP contribution in [0.5, 0.6) is 11.5 Å². The predicted octanol–water partition coefficient (Wildman–Crippen LogP) is 1.79. The van der Waals surface area contributed by atoms with Gasteiger partial charge in [-0.05, 0) is 23.8 Å². The lowest BCUT2D eigenvalue weighted by Crippen LogP contribution is -2.12. The second kappa shape index (κ2) is 6.15. The van der Waals surface area contributed by atoms with Crippen LogP contribution in [0.25, 0.3) is 0 Å². The first-order valence-corrected chi connectivity index (χ1v) is 8.26. The van der Waals surface area contributed by atoms with E-state index >= 15 is 0 Å². The van der Waals surface area contributed by atoms with Crippen molar-refractivity contribution in [3.05, 3.63) is 53.6 Å². The number of hydrogen-bond donors (Lipinski definition) is 3. The lowest BCUT2D eigenvalue weighted by molar-refractivity contribution is 0.397. The van der Waals surface area contributed by atoms with Crippen molar-refractivity contribution in [3.63, 3.8) is 0 Å². The highest BCUT2D eigenvalue weighted by Gasteiger charge is 2.07.